The van der Waals surface area contributed by atoms with Crippen molar-refractivity contribution in [1.29, 1.82) is 0 Å². The first kappa shape index (κ1) is 19.4. The van der Waals surface area contributed by atoms with E-state index in [1.807, 2.05) is 24.0 Å². The molecule has 3 atom stereocenters. The number of amidine groups is 1. The molecule has 2 aliphatic heterocycles. The average molecular weight is 417 g/mol. The summed E-state index contributed by atoms with van der Waals surface area (Å²) in [6.45, 7) is 8.90. The van der Waals surface area contributed by atoms with Crippen LogP contribution in [0.5, 0.6) is 0 Å². The van der Waals surface area contributed by atoms with Crippen molar-refractivity contribution in [3.63, 3.8) is 0 Å². The summed E-state index contributed by atoms with van der Waals surface area (Å²) in [5.41, 5.74) is 7.49. The largest absolute Gasteiger partial charge is 0.338 e. The third-order valence-electron chi connectivity index (χ3n) is 6.38. The minimum absolute atomic E-state index is 0.0366. The molecule has 30 heavy (non-hydrogen) atoms. The van der Waals surface area contributed by atoms with Gasteiger partial charge in [0.1, 0.15) is 6.04 Å². The summed E-state index contributed by atoms with van der Waals surface area (Å²) < 4.78 is 2.39. The molecule has 4 nitrogen and oxygen atoms in total. The molecule has 0 saturated carbocycles. The van der Waals surface area contributed by atoms with Crippen LogP contribution in [0.25, 0.3) is 5.69 Å². The van der Waals surface area contributed by atoms with E-state index in [0.29, 0.717) is 6.04 Å². The van der Waals surface area contributed by atoms with Gasteiger partial charge in [-0.1, -0.05) is 36.9 Å². The van der Waals surface area contributed by atoms with Crippen LogP contribution in [0.3, 0.4) is 0 Å². The molecule has 4 heterocycles. The zero-order chi connectivity index (χ0) is 20.8. The molecule has 0 unspecified atom stereocenters. The molecule has 0 amide bonds. The van der Waals surface area contributed by atoms with Gasteiger partial charge in [-0.3, -0.25) is 9.98 Å². The molecule has 1 saturated heterocycles. The van der Waals surface area contributed by atoms with Gasteiger partial charge in [-0.05, 0) is 68.7 Å². The highest BCUT2D eigenvalue weighted by molar-refractivity contribution is 8.14. The van der Waals surface area contributed by atoms with E-state index in [1.165, 1.54) is 33.4 Å². The summed E-state index contributed by atoms with van der Waals surface area (Å²) >= 11 is 1.90. The highest BCUT2D eigenvalue weighted by Crippen LogP contribution is 2.49. The summed E-state index contributed by atoms with van der Waals surface area (Å²) in [7, 11) is 0. The lowest BCUT2D eigenvalue weighted by atomic mass is 9.95. The molecular formula is C25H28N4S. The van der Waals surface area contributed by atoms with Gasteiger partial charge in [0.25, 0.3) is 0 Å². The fourth-order valence-corrected chi connectivity index (χ4v) is 6.28. The molecule has 1 aromatic carbocycles. The van der Waals surface area contributed by atoms with Crippen LogP contribution in [0.2, 0.25) is 0 Å². The number of aliphatic imine (C=N–C) groups is 1. The lowest BCUT2D eigenvalue weighted by molar-refractivity contribution is 0.254. The number of thioether (sulfide) groups is 1. The van der Waals surface area contributed by atoms with Crippen molar-refractivity contribution in [3.05, 3.63) is 82.9 Å². The van der Waals surface area contributed by atoms with E-state index in [2.05, 4.69) is 79.6 Å². The zero-order valence-electron chi connectivity index (χ0n) is 18.0. The van der Waals surface area contributed by atoms with E-state index in [0.717, 1.165) is 17.9 Å². The first-order valence-electron chi connectivity index (χ1n) is 10.7. The van der Waals surface area contributed by atoms with Gasteiger partial charge in [0.05, 0.1) is 11.7 Å². The molecule has 0 N–H and O–H groups in total. The van der Waals surface area contributed by atoms with Gasteiger partial charge in [-0.25, -0.2) is 0 Å². The van der Waals surface area contributed by atoms with Crippen LogP contribution >= 0.6 is 11.8 Å². The molecule has 5 rings (SSSR count). The lowest BCUT2D eigenvalue weighted by Gasteiger charge is -2.32. The number of hydrogen-bond acceptors (Lipinski definition) is 4. The Balaban J connectivity index is 1.64. The normalized spacial score (nSPS) is 23.0. The van der Waals surface area contributed by atoms with E-state index in [-0.39, 0.29) is 12.1 Å². The predicted octanol–water partition coefficient (Wildman–Crippen LogP) is 5.78. The van der Waals surface area contributed by atoms with Crippen LogP contribution in [-0.2, 0) is 0 Å². The SMILES string of the molecule is CC[C@H]1CSC2=N[C@H](c3ccccn3)[C@@H](c3cc(C)n(-c4cccc(C)c4)c3C)N21. The average Bonchev–Trinajstić information content (AvgIpc) is 3.40. The Morgan fingerprint density at radius 1 is 1.07 bits per heavy atom. The van der Waals surface area contributed by atoms with Gasteiger partial charge in [0.15, 0.2) is 5.17 Å². The second-order valence-electron chi connectivity index (χ2n) is 8.34. The van der Waals surface area contributed by atoms with Crippen LogP contribution < -0.4 is 0 Å². The number of aromatic nitrogens is 2. The Labute approximate surface area is 183 Å². The Kier molecular flexibility index (Phi) is 4.94. The number of benzene rings is 1. The maximum atomic E-state index is 5.18. The molecule has 2 aliphatic rings. The van der Waals surface area contributed by atoms with Crippen molar-refractivity contribution < 1.29 is 0 Å². The van der Waals surface area contributed by atoms with Crippen molar-refractivity contribution >= 4 is 16.9 Å². The van der Waals surface area contributed by atoms with Gasteiger partial charge in [0, 0.05) is 35.1 Å². The number of pyridine rings is 1. The van der Waals surface area contributed by atoms with Gasteiger partial charge in [-0.15, -0.1) is 0 Å². The summed E-state index contributed by atoms with van der Waals surface area (Å²) in [6, 6.07) is 18.0. The highest BCUT2D eigenvalue weighted by Gasteiger charge is 2.46. The fraction of sp³-hybridized carbons (Fsp3) is 0.360. The molecular weight excluding hydrogens is 388 g/mol. The molecule has 3 aromatic rings. The van der Waals surface area contributed by atoms with E-state index in [9.17, 15) is 0 Å². The second-order valence-corrected chi connectivity index (χ2v) is 9.32. The minimum atomic E-state index is 0.0366. The van der Waals surface area contributed by atoms with Crippen molar-refractivity contribution in [2.24, 2.45) is 4.99 Å². The van der Waals surface area contributed by atoms with Crippen LogP contribution in [0.1, 0.15) is 53.6 Å². The maximum Gasteiger partial charge on any atom is 0.160 e. The van der Waals surface area contributed by atoms with Crippen molar-refractivity contribution in [3.8, 4) is 5.69 Å². The quantitative estimate of drug-likeness (QED) is 0.541. The first-order chi connectivity index (χ1) is 14.6. The van der Waals surface area contributed by atoms with E-state index < -0.39 is 0 Å². The second kappa shape index (κ2) is 7.62. The summed E-state index contributed by atoms with van der Waals surface area (Å²) in [4.78, 5) is 12.4. The third-order valence-corrected chi connectivity index (χ3v) is 7.50. The van der Waals surface area contributed by atoms with Crippen LogP contribution in [0.4, 0.5) is 0 Å². The van der Waals surface area contributed by atoms with E-state index in [4.69, 9.17) is 9.98 Å². The van der Waals surface area contributed by atoms with Crippen molar-refractivity contribution in [2.75, 3.05) is 5.75 Å². The molecule has 0 aliphatic carbocycles. The summed E-state index contributed by atoms with van der Waals surface area (Å²) in [6.07, 6.45) is 3.02. The van der Waals surface area contributed by atoms with Crippen LogP contribution in [0.15, 0.2) is 59.7 Å². The Hall–Kier alpha value is -2.53. The summed E-state index contributed by atoms with van der Waals surface area (Å²) in [5, 5.41) is 1.18. The lowest BCUT2D eigenvalue weighted by Crippen LogP contribution is -2.35. The van der Waals surface area contributed by atoms with Gasteiger partial charge >= 0.3 is 0 Å². The Morgan fingerprint density at radius 2 is 1.93 bits per heavy atom. The predicted molar refractivity (Wildman–Crippen MR) is 126 cm³/mol. The topological polar surface area (TPSA) is 33.4 Å². The zero-order valence-corrected chi connectivity index (χ0v) is 18.9. The van der Waals surface area contributed by atoms with Gasteiger partial charge in [0.2, 0.25) is 0 Å². The number of hydrogen-bond donors (Lipinski definition) is 0. The number of rotatable bonds is 4. The van der Waals surface area contributed by atoms with Crippen molar-refractivity contribution in [1.82, 2.24) is 14.5 Å². The molecule has 154 valence electrons. The fourth-order valence-electron chi connectivity index (χ4n) is 4.94. The van der Waals surface area contributed by atoms with Gasteiger partial charge in [-0.2, -0.15) is 0 Å². The number of aryl methyl sites for hydroxylation is 2. The van der Waals surface area contributed by atoms with E-state index >= 15 is 0 Å². The highest BCUT2D eigenvalue weighted by atomic mass is 32.2. The van der Waals surface area contributed by atoms with E-state index in [1.54, 1.807) is 0 Å². The van der Waals surface area contributed by atoms with Crippen molar-refractivity contribution in [2.45, 2.75) is 52.2 Å². The third kappa shape index (κ3) is 3.07. The van der Waals surface area contributed by atoms with Crippen LogP contribution in [-0.4, -0.2) is 31.4 Å². The van der Waals surface area contributed by atoms with Crippen LogP contribution in [0, 0.1) is 20.8 Å². The minimum Gasteiger partial charge on any atom is -0.338 e. The Morgan fingerprint density at radius 3 is 2.67 bits per heavy atom. The molecule has 0 bridgehead atoms. The van der Waals surface area contributed by atoms with Gasteiger partial charge < -0.3 is 9.47 Å². The molecule has 5 heteroatoms. The Bertz CT molecular complexity index is 1100. The number of fused-ring (bicyclic) bond motifs is 1. The smallest absolute Gasteiger partial charge is 0.160 e. The monoisotopic (exact) mass is 416 g/mol. The molecule has 2 aromatic heterocycles. The molecule has 0 radical (unpaired) electrons. The molecule has 1 fully saturated rings. The molecule has 0 spiro atoms. The summed E-state index contributed by atoms with van der Waals surface area (Å²) in [5.74, 6) is 1.12. The maximum absolute atomic E-state index is 5.18. The standard InChI is InChI=1S/C25H28N4S/c1-5-19-15-30-25-27-23(22-11-6-7-12-26-22)24(29(19)25)21-14-17(3)28(18(21)4)20-10-8-9-16(2)13-20/h6-14,19,23-24H,5,15H2,1-4H3/t19-,23+,24+/m0/s1. The first-order valence-corrected chi connectivity index (χ1v) is 11.7. The number of nitrogens with zero attached hydrogens (tertiary/aromatic N) is 4.